The fraction of sp³-hybridized carbons (Fsp3) is 0.522. The summed E-state index contributed by atoms with van der Waals surface area (Å²) in [5.74, 6) is 1.53. The lowest BCUT2D eigenvalue weighted by atomic mass is 9.82. The van der Waals surface area contributed by atoms with Crippen molar-refractivity contribution in [3.8, 4) is 0 Å². The number of aliphatic imine (C=N–C) groups is 2. The molecule has 1 aromatic rings. The Morgan fingerprint density at radius 2 is 2.07 bits per heavy atom. The maximum absolute atomic E-state index is 12.1. The second-order valence-electron chi connectivity index (χ2n) is 8.32. The van der Waals surface area contributed by atoms with Gasteiger partial charge in [0.05, 0.1) is 12.3 Å². The molecule has 4 heteroatoms. The van der Waals surface area contributed by atoms with Gasteiger partial charge < -0.3 is 5.32 Å². The summed E-state index contributed by atoms with van der Waals surface area (Å²) in [5.41, 5.74) is 3.50. The van der Waals surface area contributed by atoms with Crippen LogP contribution in [0.15, 0.2) is 40.3 Å². The molecule has 1 aliphatic heterocycles. The molecule has 0 saturated heterocycles. The van der Waals surface area contributed by atoms with E-state index >= 15 is 0 Å². The van der Waals surface area contributed by atoms with Crippen molar-refractivity contribution < 1.29 is 4.79 Å². The molecular weight excluding hydrogens is 334 g/mol. The van der Waals surface area contributed by atoms with Crippen LogP contribution in [-0.2, 0) is 4.79 Å². The lowest BCUT2D eigenvalue weighted by Gasteiger charge is -2.26. The average Bonchev–Trinajstić information content (AvgIpc) is 3.25. The van der Waals surface area contributed by atoms with Crippen LogP contribution >= 0.6 is 0 Å². The van der Waals surface area contributed by atoms with Crippen LogP contribution in [0.1, 0.15) is 64.0 Å². The number of benzene rings is 1. The van der Waals surface area contributed by atoms with E-state index in [1.54, 1.807) is 6.08 Å². The molecule has 1 N–H and O–H groups in total. The Balaban J connectivity index is 1.51. The zero-order valence-corrected chi connectivity index (χ0v) is 16.8. The largest absolute Gasteiger partial charge is 0.352 e. The summed E-state index contributed by atoms with van der Waals surface area (Å²) in [4.78, 5) is 21.2. The van der Waals surface area contributed by atoms with E-state index < -0.39 is 0 Å². The fourth-order valence-electron chi connectivity index (χ4n) is 3.93. The Morgan fingerprint density at radius 1 is 1.30 bits per heavy atom. The third-order valence-electron chi connectivity index (χ3n) is 5.82. The summed E-state index contributed by atoms with van der Waals surface area (Å²) in [7, 11) is 0. The van der Waals surface area contributed by atoms with E-state index in [4.69, 9.17) is 0 Å². The lowest BCUT2D eigenvalue weighted by Crippen LogP contribution is -2.32. The molecule has 0 radical (unpaired) electrons. The number of rotatable bonds is 7. The standard InChI is InChI=1S/C23H31N3O/c1-4-6-21-24-16-20(26-21)18-11-8-17(9-12-18)10-13-22(27)25-15-19-7-5-14-23(19,2)3/h8-13,19H,4-7,14-16H2,1-3H3,(H,25,27)/b13-10+. The maximum Gasteiger partial charge on any atom is 0.244 e. The highest BCUT2D eigenvalue weighted by molar-refractivity contribution is 6.12. The summed E-state index contributed by atoms with van der Waals surface area (Å²) in [6.07, 6.45) is 9.25. The number of carbonyl (C=O) groups excluding carboxylic acids is 1. The first kappa shape index (κ1) is 19.5. The van der Waals surface area contributed by atoms with Crippen molar-refractivity contribution in [3.05, 3.63) is 41.5 Å². The Morgan fingerprint density at radius 3 is 2.74 bits per heavy atom. The van der Waals surface area contributed by atoms with E-state index in [0.717, 1.165) is 42.1 Å². The summed E-state index contributed by atoms with van der Waals surface area (Å²) < 4.78 is 0. The van der Waals surface area contributed by atoms with Crippen molar-refractivity contribution in [2.75, 3.05) is 13.1 Å². The molecule has 1 saturated carbocycles. The van der Waals surface area contributed by atoms with Crippen LogP contribution in [0.5, 0.6) is 0 Å². The Labute approximate surface area is 162 Å². The monoisotopic (exact) mass is 365 g/mol. The molecular formula is C23H31N3O. The van der Waals surface area contributed by atoms with Gasteiger partial charge in [0, 0.05) is 19.0 Å². The molecule has 1 heterocycles. The number of carbonyl (C=O) groups is 1. The van der Waals surface area contributed by atoms with Gasteiger partial charge in [-0.3, -0.25) is 9.79 Å². The number of nitrogens with zero attached hydrogens (tertiary/aromatic N) is 2. The van der Waals surface area contributed by atoms with E-state index in [1.165, 1.54) is 19.3 Å². The van der Waals surface area contributed by atoms with Gasteiger partial charge >= 0.3 is 0 Å². The summed E-state index contributed by atoms with van der Waals surface area (Å²) in [6.45, 7) is 8.19. The zero-order valence-electron chi connectivity index (χ0n) is 16.8. The quantitative estimate of drug-likeness (QED) is 0.703. The summed E-state index contributed by atoms with van der Waals surface area (Å²) in [5, 5.41) is 3.06. The van der Waals surface area contributed by atoms with Crippen LogP contribution in [-0.4, -0.2) is 30.5 Å². The van der Waals surface area contributed by atoms with Gasteiger partial charge in [-0.15, -0.1) is 0 Å². The predicted octanol–water partition coefficient (Wildman–Crippen LogP) is 4.64. The molecule has 2 aliphatic rings. The van der Waals surface area contributed by atoms with E-state index in [9.17, 15) is 4.79 Å². The van der Waals surface area contributed by atoms with Crippen molar-refractivity contribution in [1.29, 1.82) is 0 Å². The molecule has 1 fully saturated rings. The molecule has 1 aromatic carbocycles. The number of amides is 1. The lowest BCUT2D eigenvalue weighted by molar-refractivity contribution is -0.116. The van der Waals surface area contributed by atoms with Crippen molar-refractivity contribution in [1.82, 2.24) is 5.32 Å². The molecule has 1 unspecified atom stereocenters. The summed E-state index contributed by atoms with van der Waals surface area (Å²) >= 11 is 0. The van der Waals surface area contributed by atoms with E-state index in [-0.39, 0.29) is 5.91 Å². The van der Waals surface area contributed by atoms with Gasteiger partial charge in [0.15, 0.2) is 0 Å². The van der Waals surface area contributed by atoms with Crippen LogP contribution < -0.4 is 5.32 Å². The van der Waals surface area contributed by atoms with E-state index in [1.807, 2.05) is 18.2 Å². The highest BCUT2D eigenvalue weighted by Gasteiger charge is 2.34. The van der Waals surface area contributed by atoms with Crippen LogP contribution in [0.3, 0.4) is 0 Å². The molecule has 1 atom stereocenters. The topological polar surface area (TPSA) is 53.8 Å². The highest BCUT2D eigenvalue weighted by atomic mass is 16.1. The number of amidine groups is 1. The predicted molar refractivity (Wildman–Crippen MR) is 113 cm³/mol. The first-order valence-corrected chi connectivity index (χ1v) is 10.1. The van der Waals surface area contributed by atoms with Gasteiger partial charge in [0.1, 0.15) is 5.84 Å². The first-order valence-electron chi connectivity index (χ1n) is 10.1. The van der Waals surface area contributed by atoms with Crippen molar-refractivity contribution in [3.63, 3.8) is 0 Å². The number of hydrogen-bond acceptors (Lipinski definition) is 3. The minimum absolute atomic E-state index is 0.0143. The molecule has 0 bridgehead atoms. The smallest absolute Gasteiger partial charge is 0.244 e. The maximum atomic E-state index is 12.1. The van der Waals surface area contributed by atoms with Crippen molar-refractivity contribution in [2.24, 2.45) is 21.3 Å². The molecule has 1 amide bonds. The van der Waals surface area contributed by atoms with Crippen LogP contribution in [0.2, 0.25) is 0 Å². The molecule has 3 rings (SSSR count). The molecule has 4 nitrogen and oxygen atoms in total. The van der Waals surface area contributed by atoms with Crippen LogP contribution in [0.25, 0.3) is 6.08 Å². The first-order chi connectivity index (χ1) is 13.0. The van der Waals surface area contributed by atoms with Crippen molar-refractivity contribution in [2.45, 2.75) is 52.9 Å². The minimum atomic E-state index is -0.0143. The number of nitrogens with one attached hydrogen (secondary N) is 1. The van der Waals surface area contributed by atoms with Gasteiger partial charge in [-0.1, -0.05) is 51.5 Å². The molecule has 144 valence electrons. The average molecular weight is 366 g/mol. The third kappa shape index (κ3) is 5.15. The second-order valence-corrected chi connectivity index (χ2v) is 8.32. The second kappa shape index (κ2) is 8.64. The zero-order chi connectivity index (χ0) is 19.3. The van der Waals surface area contributed by atoms with E-state index in [0.29, 0.717) is 17.9 Å². The van der Waals surface area contributed by atoms with Gasteiger partial charge in [0.25, 0.3) is 0 Å². The fourth-order valence-corrected chi connectivity index (χ4v) is 3.93. The summed E-state index contributed by atoms with van der Waals surface area (Å²) in [6, 6.07) is 8.17. The molecule has 0 spiro atoms. The normalized spacial score (nSPS) is 21.4. The van der Waals surface area contributed by atoms with Gasteiger partial charge in [0.2, 0.25) is 5.91 Å². The Bertz CT molecular complexity index is 756. The van der Waals surface area contributed by atoms with Gasteiger partial charge in [-0.2, -0.15) is 0 Å². The van der Waals surface area contributed by atoms with Crippen LogP contribution in [0, 0.1) is 11.3 Å². The van der Waals surface area contributed by atoms with Crippen LogP contribution in [0.4, 0.5) is 0 Å². The molecule has 1 aliphatic carbocycles. The Hall–Kier alpha value is -2.23. The highest BCUT2D eigenvalue weighted by Crippen LogP contribution is 2.41. The minimum Gasteiger partial charge on any atom is -0.352 e. The van der Waals surface area contributed by atoms with Gasteiger partial charge in [-0.05, 0) is 47.8 Å². The number of hydrogen-bond donors (Lipinski definition) is 1. The van der Waals surface area contributed by atoms with Crippen molar-refractivity contribution >= 4 is 23.5 Å². The Kier molecular flexibility index (Phi) is 6.25. The third-order valence-corrected chi connectivity index (χ3v) is 5.82. The van der Waals surface area contributed by atoms with E-state index in [2.05, 4.69) is 48.2 Å². The molecule has 0 aromatic heterocycles. The molecule has 27 heavy (non-hydrogen) atoms. The van der Waals surface area contributed by atoms with Gasteiger partial charge in [-0.25, -0.2) is 4.99 Å². The SMILES string of the molecule is CCCC1=NCC(c2ccc(/C=C/C(=O)NCC3CCCC3(C)C)cc2)=N1.